The summed E-state index contributed by atoms with van der Waals surface area (Å²) < 4.78 is 4.95. The number of aryl methyl sites for hydroxylation is 1. The topological polar surface area (TPSA) is 68.0 Å². The number of nitrogens with zero attached hydrogens (tertiary/aromatic N) is 2. The summed E-state index contributed by atoms with van der Waals surface area (Å²) in [6.45, 7) is 1.96. The van der Waals surface area contributed by atoms with Crippen molar-refractivity contribution in [3.63, 3.8) is 0 Å². The minimum Gasteiger partial charge on any atom is -0.343 e. The van der Waals surface area contributed by atoms with E-state index >= 15 is 0 Å². The fourth-order valence-corrected chi connectivity index (χ4v) is 2.11. The lowest BCUT2D eigenvalue weighted by atomic mass is 10.0. The minimum absolute atomic E-state index is 0.171. The normalized spacial score (nSPS) is 10.4. The molecule has 3 rings (SSSR count). The van der Waals surface area contributed by atoms with E-state index in [9.17, 15) is 4.79 Å². The molecule has 0 atom stereocenters. The van der Waals surface area contributed by atoms with Crippen LogP contribution in [0.15, 0.2) is 59.1 Å². The Labute approximate surface area is 128 Å². The summed E-state index contributed by atoms with van der Waals surface area (Å²) in [4.78, 5) is 16.1. The van der Waals surface area contributed by atoms with Crippen LogP contribution in [0.1, 0.15) is 22.1 Å². The third kappa shape index (κ3) is 3.20. The smallest absolute Gasteiger partial charge is 0.251 e. The molecule has 22 heavy (non-hydrogen) atoms. The van der Waals surface area contributed by atoms with Crippen LogP contribution in [0.2, 0.25) is 0 Å². The van der Waals surface area contributed by atoms with E-state index in [2.05, 4.69) is 15.5 Å². The summed E-state index contributed by atoms with van der Waals surface area (Å²) in [5.74, 6) is 0.777. The molecular formula is C17H15N3O2. The van der Waals surface area contributed by atoms with Crippen LogP contribution in [0.5, 0.6) is 0 Å². The summed E-state index contributed by atoms with van der Waals surface area (Å²) in [6.07, 6.45) is 0. The van der Waals surface area contributed by atoms with Gasteiger partial charge < -0.3 is 9.84 Å². The van der Waals surface area contributed by atoms with Crippen LogP contribution in [0, 0.1) is 6.92 Å². The molecule has 0 fully saturated rings. The zero-order valence-corrected chi connectivity index (χ0v) is 12.1. The highest BCUT2D eigenvalue weighted by Gasteiger charge is 2.08. The van der Waals surface area contributed by atoms with Crippen molar-refractivity contribution in [3.8, 4) is 11.1 Å². The number of hydrogen-bond donors (Lipinski definition) is 1. The molecule has 0 bridgehead atoms. The molecular weight excluding hydrogens is 278 g/mol. The van der Waals surface area contributed by atoms with E-state index in [1.807, 2.05) is 42.5 Å². The van der Waals surface area contributed by atoms with Crippen molar-refractivity contribution in [2.45, 2.75) is 13.5 Å². The quantitative estimate of drug-likeness (QED) is 0.803. The lowest BCUT2D eigenvalue weighted by molar-refractivity contribution is 0.0946. The fraction of sp³-hybridized carbons (Fsp3) is 0.118. The molecule has 5 heteroatoms. The van der Waals surface area contributed by atoms with Gasteiger partial charge in [0.15, 0.2) is 5.82 Å². The Morgan fingerprint density at radius 2 is 1.73 bits per heavy atom. The summed E-state index contributed by atoms with van der Waals surface area (Å²) in [7, 11) is 0. The zero-order chi connectivity index (χ0) is 15.4. The number of amides is 1. The maximum absolute atomic E-state index is 12.1. The highest BCUT2D eigenvalue weighted by molar-refractivity contribution is 5.94. The molecule has 110 valence electrons. The molecule has 0 aliphatic heterocycles. The largest absolute Gasteiger partial charge is 0.343 e. The van der Waals surface area contributed by atoms with Crippen LogP contribution >= 0.6 is 0 Å². The van der Waals surface area contributed by atoms with E-state index in [0.29, 0.717) is 17.3 Å². The third-order valence-corrected chi connectivity index (χ3v) is 3.22. The highest BCUT2D eigenvalue weighted by atomic mass is 16.5. The van der Waals surface area contributed by atoms with Crippen LogP contribution < -0.4 is 5.32 Å². The monoisotopic (exact) mass is 293 g/mol. The van der Waals surface area contributed by atoms with Crippen LogP contribution in [0.25, 0.3) is 11.1 Å². The van der Waals surface area contributed by atoms with Crippen LogP contribution in [-0.2, 0) is 6.54 Å². The van der Waals surface area contributed by atoms with E-state index in [4.69, 9.17) is 4.52 Å². The lowest BCUT2D eigenvalue weighted by Crippen LogP contribution is -2.22. The van der Waals surface area contributed by atoms with Crippen molar-refractivity contribution in [1.82, 2.24) is 15.5 Å². The standard InChI is InChI=1S/C17H15N3O2/c1-12-19-16(22-20-12)11-18-17(21)15-9-7-14(8-10-15)13-5-3-2-4-6-13/h2-10H,11H2,1H3,(H,18,21). The number of benzene rings is 2. The first-order chi connectivity index (χ1) is 10.7. The zero-order valence-electron chi connectivity index (χ0n) is 12.1. The summed E-state index contributed by atoms with van der Waals surface area (Å²) >= 11 is 0. The Bertz CT molecular complexity index is 764. The Balaban J connectivity index is 1.66. The van der Waals surface area contributed by atoms with Gasteiger partial charge in [0.2, 0.25) is 5.89 Å². The summed E-state index contributed by atoms with van der Waals surface area (Å²) in [5.41, 5.74) is 2.79. The second-order valence-corrected chi connectivity index (χ2v) is 4.86. The van der Waals surface area contributed by atoms with Crippen LogP contribution in [-0.4, -0.2) is 16.0 Å². The molecule has 0 saturated carbocycles. The Morgan fingerprint density at radius 1 is 1.05 bits per heavy atom. The molecule has 0 aliphatic rings. The third-order valence-electron chi connectivity index (χ3n) is 3.22. The first-order valence-corrected chi connectivity index (χ1v) is 6.95. The van der Waals surface area contributed by atoms with E-state index < -0.39 is 0 Å². The van der Waals surface area contributed by atoms with Gasteiger partial charge in [-0.05, 0) is 30.2 Å². The fourth-order valence-electron chi connectivity index (χ4n) is 2.11. The number of aromatic nitrogens is 2. The van der Waals surface area contributed by atoms with Crippen molar-refractivity contribution in [2.24, 2.45) is 0 Å². The molecule has 2 aromatic carbocycles. The Morgan fingerprint density at radius 3 is 2.36 bits per heavy atom. The van der Waals surface area contributed by atoms with Crippen molar-refractivity contribution in [3.05, 3.63) is 71.9 Å². The van der Waals surface area contributed by atoms with Gasteiger partial charge in [0.05, 0.1) is 6.54 Å². The Kier molecular flexibility index (Phi) is 3.96. The molecule has 0 radical (unpaired) electrons. The highest BCUT2D eigenvalue weighted by Crippen LogP contribution is 2.19. The van der Waals surface area contributed by atoms with Crippen LogP contribution in [0.3, 0.4) is 0 Å². The van der Waals surface area contributed by atoms with Gasteiger partial charge in [0, 0.05) is 5.56 Å². The van der Waals surface area contributed by atoms with E-state index in [1.165, 1.54) is 0 Å². The molecule has 0 aliphatic carbocycles. The first-order valence-electron chi connectivity index (χ1n) is 6.95. The predicted octanol–water partition coefficient (Wildman–Crippen LogP) is 2.98. The second-order valence-electron chi connectivity index (χ2n) is 4.86. The average Bonchev–Trinajstić information content (AvgIpc) is 2.99. The van der Waals surface area contributed by atoms with Crippen molar-refractivity contribution in [1.29, 1.82) is 0 Å². The second kappa shape index (κ2) is 6.22. The van der Waals surface area contributed by atoms with E-state index in [1.54, 1.807) is 19.1 Å². The van der Waals surface area contributed by atoms with Gasteiger partial charge in [-0.3, -0.25) is 4.79 Å². The molecule has 5 nitrogen and oxygen atoms in total. The minimum atomic E-state index is -0.171. The molecule has 1 amide bonds. The summed E-state index contributed by atoms with van der Waals surface area (Å²) in [6, 6.07) is 17.5. The van der Waals surface area contributed by atoms with Crippen molar-refractivity contribution < 1.29 is 9.32 Å². The van der Waals surface area contributed by atoms with Gasteiger partial charge in [0.25, 0.3) is 5.91 Å². The van der Waals surface area contributed by atoms with Crippen molar-refractivity contribution >= 4 is 5.91 Å². The number of carbonyl (C=O) groups excluding carboxylic acids is 1. The summed E-state index contributed by atoms with van der Waals surface area (Å²) in [5, 5.41) is 6.43. The average molecular weight is 293 g/mol. The number of nitrogens with one attached hydrogen (secondary N) is 1. The van der Waals surface area contributed by atoms with E-state index in [0.717, 1.165) is 11.1 Å². The maximum atomic E-state index is 12.1. The van der Waals surface area contributed by atoms with Crippen molar-refractivity contribution in [2.75, 3.05) is 0 Å². The molecule has 1 aromatic heterocycles. The van der Waals surface area contributed by atoms with E-state index in [-0.39, 0.29) is 12.5 Å². The molecule has 0 unspecified atom stereocenters. The number of carbonyl (C=O) groups is 1. The molecule has 3 aromatic rings. The molecule has 0 saturated heterocycles. The number of rotatable bonds is 4. The van der Waals surface area contributed by atoms with Gasteiger partial charge in [-0.2, -0.15) is 4.98 Å². The molecule has 0 spiro atoms. The Hall–Kier alpha value is -2.95. The number of hydrogen-bond acceptors (Lipinski definition) is 4. The van der Waals surface area contributed by atoms with Gasteiger partial charge in [-0.15, -0.1) is 0 Å². The predicted molar refractivity (Wildman–Crippen MR) is 82.1 cm³/mol. The van der Waals surface area contributed by atoms with Gasteiger partial charge >= 0.3 is 0 Å². The SMILES string of the molecule is Cc1noc(CNC(=O)c2ccc(-c3ccccc3)cc2)n1. The maximum Gasteiger partial charge on any atom is 0.251 e. The molecule has 1 N–H and O–H groups in total. The van der Waals surface area contributed by atoms with Gasteiger partial charge in [-0.1, -0.05) is 47.6 Å². The van der Waals surface area contributed by atoms with Gasteiger partial charge in [0.1, 0.15) is 0 Å². The first kappa shape index (κ1) is 14.0. The van der Waals surface area contributed by atoms with Crippen LogP contribution in [0.4, 0.5) is 0 Å². The molecule has 1 heterocycles. The van der Waals surface area contributed by atoms with Gasteiger partial charge in [-0.25, -0.2) is 0 Å². The lowest BCUT2D eigenvalue weighted by Gasteiger charge is -2.05.